The molecular formula is C26H36N2O3. The highest BCUT2D eigenvalue weighted by Crippen LogP contribution is 2.28. The van der Waals surface area contributed by atoms with Gasteiger partial charge in [-0.25, -0.2) is 0 Å². The van der Waals surface area contributed by atoms with Crippen molar-refractivity contribution in [3.05, 3.63) is 65.0 Å². The number of benzene rings is 1. The van der Waals surface area contributed by atoms with Crippen molar-refractivity contribution >= 4 is 5.71 Å². The summed E-state index contributed by atoms with van der Waals surface area (Å²) < 4.78 is 11.8. The van der Waals surface area contributed by atoms with Crippen LogP contribution in [0.15, 0.2) is 47.8 Å². The van der Waals surface area contributed by atoms with E-state index in [0.717, 1.165) is 66.3 Å². The monoisotopic (exact) mass is 424 g/mol. The Morgan fingerprint density at radius 3 is 2.42 bits per heavy atom. The first kappa shape index (κ1) is 24.4. The van der Waals surface area contributed by atoms with Gasteiger partial charge in [-0.3, -0.25) is 4.98 Å². The van der Waals surface area contributed by atoms with Crippen LogP contribution in [-0.2, 0) is 11.3 Å². The van der Waals surface area contributed by atoms with E-state index in [-0.39, 0.29) is 0 Å². The Kier molecular flexibility index (Phi) is 10.6. The minimum atomic E-state index is 0.595. The van der Waals surface area contributed by atoms with Crippen molar-refractivity contribution in [2.45, 2.75) is 59.8 Å². The molecule has 0 saturated heterocycles. The third-order valence-electron chi connectivity index (χ3n) is 5.05. The zero-order valence-electron chi connectivity index (χ0n) is 19.6. The lowest BCUT2D eigenvalue weighted by molar-refractivity contribution is 0.213. The van der Waals surface area contributed by atoms with E-state index in [4.69, 9.17) is 14.3 Å². The maximum absolute atomic E-state index is 6.07. The number of unbranched alkanes of at least 4 members (excludes halogenated alkanes) is 3. The minimum absolute atomic E-state index is 0.595. The third kappa shape index (κ3) is 8.44. The predicted molar refractivity (Wildman–Crippen MR) is 127 cm³/mol. The number of pyridine rings is 1. The lowest BCUT2D eigenvalue weighted by Crippen LogP contribution is -2.02. The Labute approximate surface area is 187 Å². The van der Waals surface area contributed by atoms with Gasteiger partial charge in [0.1, 0.15) is 30.9 Å². The van der Waals surface area contributed by atoms with Crippen molar-refractivity contribution in [1.82, 2.24) is 4.98 Å². The maximum atomic E-state index is 6.07. The van der Waals surface area contributed by atoms with Gasteiger partial charge in [-0.05, 0) is 81.8 Å². The molecule has 0 unspecified atom stereocenters. The Hall–Kier alpha value is -2.82. The molecule has 0 N–H and O–H groups in total. The normalized spacial score (nSPS) is 11.7. The zero-order chi connectivity index (χ0) is 22.5. The van der Waals surface area contributed by atoms with Gasteiger partial charge in [0.15, 0.2) is 0 Å². The molecule has 0 aliphatic carbocycles. The van der Waals surface area contributed by atoms with Gasteiger partial charge in [0.2, 0.25) is 0 Å². The van der Waals surface area contributed by atoms with Gasteiger partial charge >= 0.3 is 0 Å². The van der Waals surface area contributed by atoms with E-state index in [1.54, 1.807) is 7.11 Å². The highest BCUT2D eigenvalue weighted by atomic mass is 16.6. The van der Waals surface area contributed by atoms with Crippen LogP contribution in [0.4, 0.5) is 0 Å². The molecule has 5 nitrogen and oxygen atoms in total. The molecule has 0 saturated carbocycles. The standard InChI is InChI=1S/C26H36N2O3/c1-6-7-15-30-24-17-20(2)26(21(3)18-24)31-16-11-9-8-10-12-23-13-14-25(27-19-23)22(4)28-29-5/h6-7,13-14,17-19H,8-12,15-16H2,1-5H3/b7-6+,28-22+. The fourth-order valence-corrected chi connectivity index (χ4v) is 3.39. The molecule has 1 aromatic heterocycles. The number of hydrogen-bond donors (Lipinski definition) is 0. The third-order valence-corrected chi connectivity index (χ3v) is 5.05. The summed E-state index contributed by atoms with van der Waals surface area (Å²) in [4.78, 5) is 9.25. The molecule has 1 aromatic carbocycles. The van der Waals surface area contributed by atoms with Gasteiger partial charge in [-0.2, -0.15) is 0 Å². The smallest absolute Gasteiger partial charge is 0.125 e. The van der Waals surface area contributed by atoms with Crippen LogP contribution in [-0.4, -0.2) is 31.0 Å². The zero-order valence-corrected chi connectivity index (χ0v) is 19.6. The lowest BCUT2D eigenvalue weighted by atomic mass is 10.1. The number of allylic oxidation sites excluding steroid dienone is 1. The largest absolute Gasteiger partial charge is 0.493 e. The van der Waals surface area contributed by atoms with Crippen molar-refractivity contribution in [1.29, 1.82) is 0 Å². The van der Waals surface area contributed by atoms with E-state index in [1.165, 1.54) is 12.0 Å². The summed E-state index contributed by atoms with van der Waals surface area (Å²) >= 11 is 0. The molecule has 0 bridgehead atoms. The number of nitrogens with zero attached hydrogens (tertiary/aromatic N) is 2. The predicted octanol–water partition coefficient (Wildman–Crippen LogP) is 6.21. The Morgan fingerprint density at radius 1 is 1.03 bits per heavy atom. The molecule has 5 heteroatoms. The first-order valence-corrected chi connectivity index (χ1v) is 11.1. The van der Waals surface area contributed by atoms with Gasteiger partial charge in [0, 0.05) is 6.20 Å². The van der Waals surface area contributed by atoms with Crippen molar-refractivity contribution in [2.75, 3.05) is 20.3 Å². The quantitative estimate of drug-likeness (QED) is 0.166. The molecule has 0 spiro atoms. The molecule has 0 atom stereocenters. The van der Waals surface area contributed by atoms with Crippen LogP contribution in [0, 0.1) is 13.8 Å². The summed E-state index contributed by atoms with van der Waals surface area (Å²) in [5.74, 6) is 1.88. The summed E-state index contributed by atoms with van der Waals surface area (Å²) in [6, 6.07) is 8.22. The maximum Gasteiger partial charge on any atom is 0.125 e. The average molecular weight is 425 g/mol. The molecule has 0 amide bonds. The van der Waals surface area contributed by atoms with Crippen molar-refractivity contribution in [3.63, 3.8) is 0 Å². The summed E-state index contributed by atoms with van der Waals surface area (Å²) in [6.07, 6.45) is 11.5. The van der Waals surface area contributed by atoms with E-state index < -0.39 is 0 Å². The second-order valence-corrected chi connectivity index (χ2v) is 7.69. The van der Waals surface area contributed by atoms with Gasteiger partial charge in [0.05, 0.1) is 12.3 Å². The first-order valence-electron chi connectivity index (χ1n) is 11.1. The molecule has 2 aromatic rings. The fourth-order valence-electron chi connectivity index (χ4n) is 3.39. The number of rotatable bonds is 13. The summed E-state index contributed by atoms with van der Waals surface area (Å²) in [5.41, 5.74) is 5.14. The first-order chi connectivity index (χ1) is 15.0. The van der Waals surface area contributed by atoms with Crippen molar-refractivity contribution < 1.29 is 14.3 Å². The molecule has 0 aliphatic heterocycles. The van der Waals surface area contributed by atoms with E-state index >= 15 is 0 Å². The highest BCUT2D eigenvalue weighted by molar-refractivity contribution is 5.96. The highest BCUT2D eigenvalue weighted by Gasteiger charge is 2.07. The van der Waals surface area contributed by atoms with Crippen molar-refractivity contribution in [3.8, 4) is 11.5 Å². The van der Waals surface area contributed by atoms with Gasteiger partial charge in [-0.1, -0.05) is 36.2 Å². The number of aromatic nitrogens is 1. The second kappa shape index (κ2) is 13.5. The van der Waals surface area contributed by atoms with E-state index in [1.807, 2.05) is 50.4 Å². The van der Waals surface area contributed by atoms with Crippen LogP contribution in [0.1, 0.15) is 61.9 Å². The Balaban J connectivity index is 1.67. The molecule has 0 fully saturated rings. The van der Waals surface area contributed by atoms with Gasteiger partial charge in [-0.15, -0.1) is 0 Å². The second-order valence-electron chi connectivity index (χ2n) is 7.69. The molecular weight excluding hydrogens is 388 g/mol. The summed E-state index contributed by atoms with van der Waals surface area (Å²) in [6.45, 7) is 9.38. The molecule has 1 heterocycles. The lowest BCUT2D eigenvalue weighted by Gasteiger charge is -2.14. The van der Waals surface area contributed by atoms with Crippen LogP contribution < -0.4 is 9.47 Å². The number of ether oxygens (including phenoxy) is 2. The van der Waals surface area contributed by atoms with Crippen LogP contribution in [0.5, 0.6) is 11.5 Å². The van der Waals surface area contributed by atoms with Crippen LogP contribution in [0.3, 0.4) is 0 Å². The minimum Gasteiger partial charge on any atom is -0.493 e. The van der Waals surface area contributed by atoms with Crippen LogP contribution in [0.25, 0.3) is 0 Å². The fraction of sp³-hybridized carbons (Fsp3) is 0.462. The summed E-state index contributed by atoms with van der Waals surface area (Å²) in [7, 11) is 1.55. The molecule has 168 valence electrons. The van der Waals surface area contributed by atoms with Crippen LogP contribution >= 0.6 is 0 Å². The SMILES string of the molecule is C/C=C/COc1cc(C)c(OCCCCCCc2ccc(/C(C)=N/OC)nc2)c(C)c1. The average Bonchev–Trinajstić information content (AvgIpc) is 2.75. The Morgan fingerprint density at radius 2 is 1.77 bits per heavy atom. The van der Waals surface area contributed by atoms with E-state index in [2.05, 4.69) is 30.1 Å². The molecule has 31 heavy (non-hydrogen) atoms. The van der Waals surface area contributed by atoms with Crippen LogP contribution in [0.2, 0.25) is 0 Å². The molecule has 2 rings (SSSR count). The van der Waals surface area contributed by atoms with E-state index in [9.17, 15) is 0 Å². The number of hydrogen-bond acceptors (Lipinski definition) is 5. The molecule has 0 radical (unpaired) electrons. The number of oxime groups is 1. The van der Waals surface area contributed by atoms with E-state index in [0.29, 0.717) is 6.61 Å². The van der Waals surface area contributed by atoms with Crippen molar-refractivity contribution in [2.24, 2.45) is 5.16 Å². The molecule has 0 aliphatic rings. The summed E-state index contributed by atoms with van der Waals surface area (Å²) in [5, 5.41) is 3.91. The van der Waals surface area contributed by atoms with Gasteiger partial charge < -0.3 is 14.3 Å². The number of aryl methyl sites for hydroxylation is 3. The Bertz CT molecular complexity index is 834. The topological polar surface area (TPSA) is 52.9 Å². The van der Waals surface area contributed by atoms with Gasteiger partial charge in [0.25, 0.3) is 0 Å².